The Bertz CT molecular complexity index is 787. The lowest BCUT2D eigenvalue weighted by Gasteiger charge is -2.09. The largest absolute Gasteiger partial charge is 0.486 e. The van der Waals surface area contributed by atoms with Crippen LogP contribution < -0.4 is 15.4 Å². The molecule has 0 unspecified atom stereocenters. The first kappa shape index (κ1) is 22.7. The van der Waals surface area contributed by atoms with Crippen molar-refractivity contribution >= 4 is 41.3 Å². The van der Waals surface area contributed by atoms with E-state index in [9.17, 15) is 14.9 Å². The third-order valence-corrected chi connectivity index (χ3v) is 3.73. The zero-order valence-electron chi connectivity index (χ0n) is 14.7. The molecule has 0 aliphatic carbocycles. The molecule has 0 heterocycles. The van der Waals surface area contributed by atoms with Crippen LogP contribution in [-0.2, 0) is 11.3 Å². The third kappa shape index (κ3) is 7.42. The van der Waals surface area contributed by atoms with Crippen LogP contribution in [0.3, 0.4) is 0 Å². The van der Waals surface area contributed by atoms with Gasteiger partial charge >= 0.3 is 5.69 Å². The maximum atomic E-state index is 12.0. The molecule has 0 saturated carbocycles. The Morgan fingerprint density at radius 3 is 2.74 bits per heavy atom. The van der Waals surface area contributed by atoms with Crippen LogP contribution in [-0.4, -0.2) is 24.0 Å². The number of carbonyl (C=O) groups is 1. The molecular formula is C18H21Cl2N3O4. The highest BCUT2D eigenvalue weighted by molar-refractivity contribution is 6.30. The Balaban J connectivity index is 0.00000364. The summed E-state index contributed by atoms with van der Waals surface area (Å²) in [5.74, 6) is -0.151. The molecule has 0 radical (unpaired) electrons. The molecule has 27 heavy (non-hydrogen) atoms. The van der Waals surface area contributed by atoms with E-state index in [-0.39, 0.29) is 47.8 Å². The number of benzene rings is 2. The van der Waals surface area contributed by atoms with Crippen molar-refractivity contribution in [2.24, 2.45) is 0 Å². The summed E-state index contributed by atoms with van der Waals surface area (Å²) in [6, 6.07) is 11.7. The van der Waals surface area contributed by atoms with E-state index in [1.54, 1.807) is 6.07 Å². The molecule has 0 saturated heterocycles. The van der Waals surface area contributed by atoms with Gasteiger partial charge in [0, 0.05) is 23.3 Å². The van der Waals surface area contributed by atoms with E-state index in [0.29, 0.717) is 5.69 Å². The van der Waals surface area contributed by atoms with Gasteiger partial charge in [-0.3, -0.25) is 14.9 Å². The molecule has 0 aromatic heterocycles. The van der Waals surface area contributed by atoms with Crippen molar-refractivity contribution in [2.45, 2.75) is 19.9 Å². The standard InChI is InChI=1S/C18H20ClN3O4.ClH/c1-2-20-12-13-4-3-5-15(10-13)21-18(23)8-9-26-17-7-6-14(19)11-16(17)22(24)25;/h3-7,10-11,20H,2,8-9,12H2,1H3,(H,21,23);1H. The average Bonchev–Trinajstić information content (AvgIpc) is 2.61. The number of nitrogens with zero attached hydrogens (tertiary/aromatic N) is 1. The summed E-state index contributed by atoms with van der Waals surface area (Å²) in [5.41, 5.74) is 1.54. The summed E-state index contributed by atoms with van der Waals surface area (Å²) in [4.78, 5) is 22.5. The van der Waals surface area contributed by atoms with Crippen molar-refractivity contribution in [3.63, 3.8) is 0 Å². The van der Waals surface area contributed by atoms with Crippen LogP contribution in [0.1, 0.15) is 18.9 Å². The molecule has 1 amide bonds. The van der Waals surface area contributed by atoms with E-state index >= 15 is 0 Å². The number of hydrogen-bond donors (Lipinski definition) is 2. The highest BCUT2D eigenvalue weighted by Gasteiger charge is 2.16. The number of rotatable bonds is 9. The first-order chi connectivity index (χ1) is 12.5. The molecule has 7 nitrogen and oxygen atoms in total. The zero-order chi connectivity index (χ0) is 18.9. The smallest absolute Gasteiger partial charge is 0.312 e. The van der Waals surface area contributed by atoms with Crippen molar-refractivity contribution in [1.82, 2.24) is 5.32 Å². The van der Waals surface area contributed by atoms with Crippen LogP contribution in [0.5, 0.6) is 5.75 Å². The molecule has 2 aromatic carbocycles. The van der Waals surface area contributed by atoms with Gasteiger partial charge in [-0.25, -0.2) is 0 Å². The van der Waals surface area contributed by atoms with Crippen molar-refractivity contribution in [1.29, 1.82) is 0 Å². The van der Waals surface area contributed by atoms with Crippen molar-refractivity contribution in [3.8, 4) is 5.75 Å². The number of hydrogen-bond acceptors (Lipinski definition) is 5. The second-order valence-electron chi connectivity index (χ2n) is 5.50. The first-order valence-electron chi connectivity index (χ1n) is 8.16. The molecule has 0 aliphatic heterocycles. The van der Waals surface area contributed by atoms with E-state index in [1.807, 2.05) is 25.1 Å². The monoisotopic (exact) mass is 413 g/mol. The van der Waals surface area contributed by atoms with Crippen LogP contribution in [0.25, 0.3) is 0 Å². The highest BCUT2D eigenvalue weighted by atomic mass is 35.5. The molecule has 0 bridgehead atoms. The van der Waals surface area contributed by atoms with Crippen molar-refractivity contribution < 1.29 is 14.5 Å². The van der Waals surface area contributed by atoms with Crippen LogP contribution >= 0.6 is 24.0 Å². The number of carbonyl (C=O) groups excluding carboxylic acids is 1. The summed E-state index contributed by atoms with van der Waals surface area (Å²) in [5, 5.41) is 17.3. The Kier molecular flexibility index (Phi) is 9.56. The Hall–Kier alpha value is -2.35. The lowest BCUT2D eigenvalue weighted by atomic mass is 10.2. The Morgan fingerprint density at radius 1 is 1.26 bits per heavy atom. The number of anilines is 1. The molecule has 9 heteroatoms. The van der Waals surface area contributed by atoms with Crippen molar-refractivity contribution in [3.05, 3.63) is 63.2 Å². The second kappa shape index (κ2) is 11.4. The summed E-state index contributed by atoms with van der Waals surface area (Å²) < 4.78 is 5.37. The van der Waals surface area contributed by atoms with Gasteiger partial charge in [-0.2, -0.15) is 0 Å². The maximum Gasteiger partial charge on any atom is 0.312 e. The first-order valence-corrected chi connectivity index (χ1v) is 8.53. The van der Waals surface area contributed by atoms with Gasteiger partial charge in [-0.15, -0.1) is 12.4 Å². The average molecular weight is 414 g/mol. The number of nitro groups is 1. The van der Waals surface area contributed by atoms with Gasteiger partial charge < -0.3 is 15.4 Å². The number of nitro benzene ring substituents is 1. The molecule has 2 rings (SSSR count). The predicted octanol–water partition coefficient (Wildman–Crippen LogP) is 4.19. The van der Waals surface area contributed by atoms with Crippen LogP contribution in [0.2, 0.25) is 5.02 Å². The number of ether oxygens (including phenoxy) is 1. The SMILES string of the molecule is CCNCc1cccc(NC(=O)CCOc2ccc(Cl)cc2[N+](=O)[O-])c1.Cl. The number of halogens is 2. The normalized spacial score (nSPS) is 10.0. The van der Waals surface area contributed by atoms with Gasteiger partial charge in [0.15, 0.2) is 5.75 Å². The molecule has 146 valence electrons. The molecule has 0 spiro atoms. The molecular weight excluding hydrogens is 393 g/mol. The summed E-state index contributed by atoms with van der Waals surface area (Å²) in [7, 11) is 0. The van der Waals surface area contributed by atoms with Crippen molar-refractivity contribution in [2.75, 3.05) is 18.5 Å². The fraction of sp³-hybridized carbons (Fsp3) is 0.278. The van der Waals surface area contributed by atoms with Crippen LogP contribution in [0.15, 0.2) is 42.5 Å². The Morgan fingerprint density at radius 2 is 2.04 bits per heavy atom. The predicted molar refractivity (Wildman–Crippen MR) is 108 cm³/mol. The topological polar surface area (TPSA) is 93.5 Å². The van der Waals surface area contributed by atoms with Gasteiger partial charge in [0.25, 0.3) is 0 Å². The zero-order valence-corrected chi connectivity index (χ0v) is 16.3. The van der Waals surface area contributed by atoms with Gasteiger partial charge in [0.05, 0.1) is 18.0 Å². The lowest BCUT2D eigenvalue weighted by Crippen LogP contribution is -2.16. The van der Waals surface area contributed by atoms with Crippen LogP contribution in [0, 0.1) is 10.1 Å². The Labute approximate surface area is 168 Å². The van der Waals surface area contributed by atoms with E-state index in [0.717, 1.165) is 18.7 Å². The summed E-state index contributed by atoms with van der Waals surface area (Å²) in [6.45, 7) is 3.64. The summed E-state index contributed by atoms with van der Waals surface area (Å²) >= 11 is 5.75. The van der Waals surface area contributed by atoms with Gasteiger partial charge in [0.1, 0.15) is 0 Å². The van der Waals surface area contributed by atoms with E-state index < -0.39 is 4.92 Å². The summed E-state index contributed by atoms with van der Waals surface area (Å²) in [6.07, 6.45) is 0.0667. The molecule has 0 aliphatic rings. The molecule has 2 aromatic rings. The minimum atomic E-state index is -0.572. The fourth-order valence-corrected chi connectivity index (χ4v) is 2.43. The number of amides is 1. The second-order valence-corrected chi connectivity index (χ2v) is 5.93. The maximum absolute atomic E-state index is 12.0. The van der Waals surface area contributed by atoms with Crippen LogP contribution in [0.4, 0.5) is 11.4 Å². The fourth-order valence-electron chi connectivity index (χ4n) is 2.26. The molecule has 0 atom stereocenters. The van der Waals surface area contributed by atoms with Gasteiger partial charge in [-0.05, 0) is 36.4 Å². The highest BCUT2D eigenvalue weighted by Crippen LogP contribution is 2.29. The van der Waals surface area contributed by atoms with E-state index in [4.69, 9.17) is 16.3 Å². The lowest BCUT2D eigenvalue weighted by molar-refractivity contribution is -0.385. The van der Waals surface area contributed by atoms with Gasteiger partial charge in [0.2, 0.25) is 5.91 Å². The quantitative estimate of drug-likeness (QED) is 0.474. The number of nitrogens with one attached hydrogen (secondary N) is 2. The minimum Gasteiger partial charge on any atom is -0.486 e. The van der Waals surface area contributed by atoms with E-state index in [1.165, 1.54) is 18.2 Å². The molecule has 0 fully saturated rings. The molecule has 2 N–H and O–H groups in total. The van der Waals surface area contributed by atoms with E-state index in [2.05, 4.69) is 10.6 Å². The third-order valence-electron chi connectivity index (χ3n) is 3.49. The minimum absolute atomic E-state index is 0. The van der Waals surface area contributed by atoms with Gasteiger partial charge in [-0.1, -0.05) is 30.7 Å².